The smallest absolute Gasteiger partial charge is 0.166 e. The lowest BCUT2D eigenvalue weighted by Gasteiger charge is -2.15. The van der Waals surface area contributed by atoms with Crippen LogP contribution in [-0.4, -0.2) is 6.54 Å². The number of halogens is 2. The summed E-state index contributed by atoms with van der Waals surface area (Å²) >= 11 is 0. The summed E-state index contributed by atoms with van der Waals surface area (Å²) in [6, 6.07) is 10.7. The van der Waals surface area contributed by atoms with E-state index in [1.165, 1.54) is 24.3 Å². The third kappa shape index (κ3) is 4.02. The summed E-state index contributed by atoms with van der Waals surface area (Å²) < 4.78 is 32.9. The van der Waals surface area contributed by atoms with E-state index >= 15 is 0 Å². The predicted molar refractivity (Wildman–Crippen MR) is 79.6 cm³/mol. The lowest BCUT2D eigenvalue weighted by Crippen LogP contribution is -2.19. The highest BCUT2D eigenvalue weighted by Crippen LogP contribution is 2.28. The van der Waals surface area contributed by atoms with Crippen LogP contribution in [0, 0.1) is 11.6 Å². The van der Waals surface area contributed by atoms with Crippen molar-refractivity contribution in [1.29, 1.82) is 0 Å². The van der Waals surface area contributed by atoms with Gasteiger partial charge in [-0.25, -0.2) is 8.78 Å². The highest BCUT2D eigenvalue weighted by atomic mass is 19.1. The molecule has 0 aliphatic rings. The summed E-state index contributed by atoms with van der Waals surface area (Å²) in [5, 5.41) is 3.29. The van der Waals surface area contributed by atoms with Crippen LogP contribution in [0.25, 0.3) is 0 Å². The molecule has 1 unspecified atom stereocenters. The van der Waals surface area contributed by atoms with Crippen LogP contribution in [0.15, 0.2) is 42.5 Å². The average molecular weight is 291 g/mol. The molecule has 2 aromatic rings. The Bertz CT molecular complexity index is 601. The standard InChI is InChI=1S/C17H19F2NO/c1-3-10-20-12(2)13-8-9-17(15(19)11-13)21-16-7-5-4-6-14(16)18/h4-9,11-12,20H,3,10H2,1-2H3. The topological polar surface area (TPSA) is 21.3 Å². The normalized spacial score (nSPS) is 12.2. The summed E-state index contributed by atoms with van der Waals surface area (Å²) in [6.07, 6.45) is 1.02. The lowest BCUT2D eigenvalue weighted by molar-refractivity contribution is 0.413. The summed E-state index contributed by atoms with van der Waals surface area (Å²) in [4.78, 5) is 0. The molecule has 2 aromatic carbocycles. The van der Waals surface area contributed by atoms with E-state index in [4.69, 9.17) is 4.74 Å². The third-order valence-corrected chi connectivity index (χ3v) is 3.21. The molecule has 0 saturated carbocycles. The Morgan fingerprint density at radius 2 is 1.76 bits per heavy atom. The zero-order chi connectivity index (χ0) is 15.2. The van der Waals surface area contributed by atoms with Gasteiger partial charge in [-0.3, -0.25) is 0 Å². The van der Waals surface area contributed by atoms with Crippen molar-refractivity contribution in [3.05, 3.63) is 59.7 Å². The van der Waals surface area contributed by atoms with Crippen molar-refractivity contribution in [3.8, 4) is 11.5 Å². The number of rotatable bonds is 6. The van der Waals surface area contributed by atoms with Crippen molar-refractivity contribution in [3.63, 3.8) is 0 Å². The Hall–Kier alpha value is -1.94. The Labute approximate surface area is 123 Å². The Morgan fingerprint density at radius 3 is 2.43 bits per heavy atom. The zero-order valence-electron chi connectivity index (χ0n) is 12.2. The van der Waals surface area contributed by atoms with E-state index in [1.54, 1.807) is 18.2 Å². The summed E-state index contributed by atoms with van der Waals surface area (Å²) in [5.41, 5.74) is 0.835. The van der Waals surface area contributed by atoms with Gasteiger partial charge < -0.3 is 10.1 Å². The molecule has 1 N–H and O–H groups in total. The van der Waals surface area contributed by atoms with Gasteiger partial charge >= 0.3 is 0 Å². The Morgan fingerprint density at radius 1 is 1.05 bits per heavy atom. The molecular formula is C17H19F2NO. The van der Waals surface area contributed by atoms with Crippen LogP contribution in [0.3, 0.4) is 0 Å². The number of nitrogens with one attached hydrogen (secondary N) is 1. The molecule has 0 aromatic heterocycles. The number of ether oxygens (including phenoxy) is 1. The maximum Gasteiger partial charge on any atom is 0.166 e. The molecule has 21 heavy (non-hydrogen) atoms. The summed E-state index contributed by atoms with van der Waals surface area (Å²) in [7, 11) is 0. The molecule has 112 valence electrons. The van der Waals surface area contributed by atoms with E-state index in [2.05, 4.69) is 12.2 Å². The molecular weight excluding hydrogens is 272 g/mol. The number of para-hydroxylation sites is 1. The van der Waals surface area contributed by atoms with Gasteiger partial charge in [-0.1, -0.05) is 25.1 Å². The monoisotopic (exact) mass is 291 g/mol. The molecule has 0 amide bonds. The van der Waals surface area contributed by atoms with Crippen LogP contribution in [0.4, 0.5) is 8.78 Å². The molecule has 0 aliphatic carbocycles. The van der Waals surface area contributed by atoms with Crippen molar-refractivity contribution in [2.45, 2.75) is 26.3 Å². The molecule has 0 saturated heterocycles. The molecule has 0 spiro atoms. The fraction of sp³-hybridized carbons (Fsp3) is 0.294. The highest BCUT2D eigenvalue weighted by Gasteiger charge is 2.11. The minimum absolute atomic E-state index is 0.0151. The van der Waals surface area contributed by atoms with Gasteiger partial charge in [-0.05, 0) is 49.7 Å². The first-order valence-corrected chi connectivity index (χ1v) is 7.07. The van der Waals surface area contributed by atoms with Crippen LogP contribution >= 0.6 is 0 Å². The van der Waals surface area contributed by atoms with Gasteiger partial charge in [0.25, 0.3) is 0 Å². The van der Waals surface area contributed by atoms with E-state index in [1.807, 2.05) is 6.92 Å². The molecule has 0 heterocycles. The largest absolute Gasteiger partial charge is 0.451 e. The zero-order valence-corrected chi connectivity index (χ0v) is 12.2. The van der Waals surface area contributed by atoms with Crippen LogP contribution in [-0.2, 0) is 0 Å². The van der Waals surface area contributed by atoms with Crippen molar-refractivity contribution >= 4 is 0 Å². The first-order chi connectivity index (χ1) is 10.1. The summed E-state index contributed by atoms with van der Waals surface area (Å²) in [5.74, 6) is -0.979. The van der Waals surface area contributed by atoms with Gasteiger partial charge in [0, 0.05) is 6.04 Å². The molecule has 4 heteroatoms. The van der Waals surface area contributed by atoms with E-state index in [0.717, 1.165) is 18.5 Å². The Balaban J connectivity index is 2.14. The number of benzene rings is 2. The number of hydrogen-bond donors (Lipinski definition) is 1. The summed E-state index contributed by atoms with van der Waals surface area (Å²) in [6.45, 7) is 4.92. The second-order valence-electron chi connectivity index (χ2n) is 4.90. The van der Waals surface area contributed by atoms with Gasteiger partial charge in [0.15, 0.2) is 23.1 Å². The van der Waals surface area contributed by atoms with Crippen molar-refractivity contribution in [2.75, 3.05) is 6.54 Å². The van der Waals surface area contributed by atoms with Gasteiger partial charge in [0.05, 0.1) is 0 Å². The molecule has 0 radical (unpaired) electrons. The fourth-order valence-corrected chi connectivity index (χ4v) is 1.99. The lowest BCUT2D eigenvalue weighted by atomic mass is 10.1. The van der Waals surface area contributed by atoms with E-state index in [9.17, 15) is 8.78 Å². The van der Waals surface area contributed by atoms with E-state index in [0.29, 0.717) is 0 Å². The SMILES string of the molecule is CCCNC(C)c1ccc(Oc2ccccc2F)c(F)c1. The minimum atomic E-state index is -0.515. The van der Waals surface area contributed by atoms with Gasteiger partial charge in [0.1, 0.15) is 0 Å². The van der Waals surface area contributed by atoms with Gasteiger partial charge in [-0.2, -0.15) is 0 Å². The van der Waals surface area contributed by atoms with Gasteiger partial charge in [0.2, 0.25) is 0 Å². The quantitative estimate of drug-likeness (QED) is 0.824. The first kappa shape index (κ1) is 15.4. The Kier molecular flexibility index (Phi) is 5.28. The molecule has 2 nitrogen and oxygen atoms in total. The molecule has 0 aliphatic heterocycles. The molecule has 2 rings (SSSR count). The second kappa shape index (κ2) is 7.18. The molecule has 0 fully saturated rings. The number of hydrogen-bond acceptors (Lipinski definition) is 2. The second-order valence-corrected chi connectivity index (χ2v) is 4.90. The predicted octanol–water partition coefficient (Wildman–Crippen LogP) is 4.82. The molecule has 0 bridgehead atoms. The van der Waals surface area contributed by atoms with Gasteiger partial charge in [-0.15, -0.1) is 0 Å². The first-order valence-electron chi connectivity index (χ1n) is 7.07. The molecule has 1 atom stereocenters. The van der Waals surface area contributed by atoms with E-state index < -0.39 is 11.6 Å². The van der Waals surface area contributed by atoms with Crippen LogP contribution in [0.1, 0.15) is 31.9 Å². The van der Waals surface area contributed by atoms with Crippen LogP contribution in [0.2, 0.25) is 0 Å². The van der Waals surface area contributed by atoms with Crippen LogP contribution in [0.5, 0.6) is 11.5 Å². The van der Waals surface area contributed by atoms with Crippen molar-refractivity contribution < 1.29 is 13.5 Å². The maximum absolute atomic E-state index is 14.1. The minimum Gasteiger partial charge on any atom is -0.451 e. The third-order valence-electron chi connectivity index (χ3n) is 3.21. The van der Waals surface area contributed by atoms with Crippen molar-refractivity contribution in [1.82, 2.24) is 5.32 Å². The highest BCUT2D eigenvalue weighted by molar-refractivity contribution is 5.35. The van der Waals surface area contributed by atoms with E-state index in [-0.39, 0.29) is 17.5 Å². The maximum atomic E-state index is 14.1. The van der Waals surface area contributed by atoms with Crippen LogP contribution < -0.4 is 10.1 Å². The fourth-order valence-electron chi connectivity index (χ4n) is 1.99. The average Bonchev–Trinajstić information content (AvgIpc) is 2.49. The van der Waals surface area contributed by atoms with Crippen molar-refractivity contribution in [2.24, 2.45) is 0 Å².